The number of hydrogen-bond acceptors (Lipinski definition) is 4. The first-order valence-electron chi connectivity index (χ1n) is 4.10. The van der Waals surface area contributed by atoms with Crippen LogP contribution in [0, 0.1) is 11.3 Å². The van der Waals surface area contributed by atoms with E-state index in [1.807, 2.05) is 0 Å². The molecule has 1 atom stereocenters. The molecule has 1 aliphatic heterocycles. The third-order valence-corrected chi connectivity index (χ3v) is 2.20. The Morgan fingerprint density at radius 1 is 1.75 bits per heavy atom. The largest absolute Gasteiger partial charge is 0.400 e. The summed E-state index contributed by atoms with van der Waals surface area (Å²) in [5, 5.41) is 19.1. The third-order valence-electron chi connectivity index (χ3n) is 2.20. The lowest BCUT2D eigenvalue weighted by molar-refractivity contribution is 0.327. The molecule has 1 aliphatic rings. The number of hydrogen-bond donors (Lipinski definition) is 4. The van der Waals surface area contributed by atoms with Gasteiger partial charge in [0.25, 0.3) is 0 Å². The smallest absolute Gasteiger partial charge is 0.0828 e. The summed E-state index contributed by atoms with van der Waals surface area (Å²) in [7, 11) is 0. The Morgan fingerprint density at radius 3 is 2.92 bits per heavy atom. The Hall–Kier alpha value is -0.870. The summed E-state index contributed by atoms with van der Waals surface area (Å²) in [5.74, 6) is 0.314. The van der Waals surface area contributed by atoms with Crippen molar-refractivity contribution in [3.63, 3.8) is 0 Å². The lowest BCUT2D eigenvalue weighted by atomic mass is 9.97. The summed E-state index contributed by atoms with van der Waals surface area (Å²) < 4.78 is 0. The fourth-order valence-electron chi connectivity index (χ4n) is 1.48. The average molecular weight is 169 g/mol. The van der Waals surface area contributed by atoms with Crippen LogP contribution in [0.5, 0.6) is 0 Å². The topological polar surface area (TPSA) is 82.1 Å². The fraction of sp³-hybridized carbons (Fsp3) is 0.625. The Morgan fingerprint density at radius 2 is 2.50 bits per heavy atom. The zero-order valence-electron chi connectivity index (χ0n) is 7.01. The number of aliphatic hydroxyl groups is 1. The Labute approximate surface area is 72.0 Å². The highest BCUT2D eigenvalue weighted by Gasteiger charge is 2.19. The first-order valence-corrected chi connectivity index (χ1v) is 4.10. The van der Waals surface area contributed by atoms with Crippen molar-refractivity contribution in [3.8, 4) is 0 Å². The van der Waals surface area contributed by atoms with Crippen molar-refractivity contribution in [3.05, 3.63) is 11.3 Å². The number of nitrogens with one attached hydrogen (secondary N) is 2. The van der Waals surface area contributed by atoms with Gasteiger partial charge in [-0.1, -0.05) is 0 Å². The van der Waals surface area contributed by atoms with Crippen LogP contribution in [-0.2, 0) is 0 Å². The Kier molecular flexibility index (Phi) is 3.25. The molecule has 0 aromatic carbocycles. The van der Waals surface area contributed by atoms with E-state index in [4.69, 9.17) is 16.2 Å². The summed E-state index contributed by atoms with van der Waals surface area (Å²) >= 11 is 0. The van der Waals surface area contributed by atoms with E-state index in [1.165, 1.54) is 6.21 Å². The second-order valence-corrected chi connectivity index (χ2v) is 2.97. The molecule has 12 heavy (non-hydrogen) atoms. The number of aliphatic hydroxyl groups excluding tert-OH is 1. The molecule has 1 fully saturated rings. The van der Waals surface area contributed by atoms with E-state index in [9.17, 15) is 0 Å². The van der Waals surface area contributed by atoms with Gasteiger partial charge in [0.2, 0.25) is 0 Å². The van der Waals surface area contributed by atoms with Crippen molar-refractivity contribution in [2.45, 2.75) is 6.42 Å². The molecule has 0 aromatic heterocycles. The lowest BCUT2D eigenvalue weighted by Gasteiger charge is -2.11. The van der Waals surface area contributed by atoms with Crippen LogP contribution in [-0.4, -0.2) is 31.0 Å². The molecule has 1 unspecified atom stereocenters. The van der Waals surface area contributed by atoms with Crippen LogP contribution in [0.25, 0.3) is 0 Å². The van der Waals surface area contributed by atoms with Crippen LogP contribution in [0.3, 0.4) is 0 Å². The van der Waals surface area contributed by atoms with E-state index in [0.29, 0.717) is 11.6 Å². The van der Waals surface area contributed by atoms with Crippen molar-refractivity contribution in [1.82, 2.24) is 5.32 Å². The zero-order valence-corrected chi connectivity index (χ0v) is 7.01. The highest BCUT2D eigenvalue weighted by molar-refractivity contribution is 5.77. The van der Waals surface area contributed by atoms with Gasteiger partial charge in [0.05, 0.1) is 6.61 Å². The van der Waals surface area contributed by atoms with E-state index >= 15 is 0 Å². The first kappa shape index (κ1) is 9.22. The Bertz CT molecular complexity index is 194. The van der Waals surface area contributed by atoms with Crippen LogP contribution in [0.15, 0.2) is 11.3 Å². The van der Waals surface area contributed by atoms with Gasteiger partial charge in [0.15, 0.2) is 0 Å². The Balaban J connectivity index is 2.72. The van der Waals surface area contributed by atoms with Gasteiger partial charge in [-0.25, -0.2) is 0 Å². The molecule has 0 aromatic rings. The molecule has 0 spiro atoms. The van der Waals surface area contributed by atoms with Crippen molar-refractivity contribution in [1.29, 1.82) is 5.41 Å². The lowest BCUT2D eigenvalue weighted by Crippen LogP contribution is -2.17. The molecule has 1 saturated heterocycles. The molecular formula is C8H15N3O. The predicted molar refractivity (Wildman–Crippen MR) is 48.1 cm³/mol. The number of rotatable bonds is 3. The van der Waals surface area contributed by atoms with Gasteiger partial charge in [-0.3, -0.25) is 0 Å². The predicted octanol–water partition coefficient (Wildman–Crippen LogP) is -0.549. The molecule has 0 saturated carbocycles. The van der Waals surface area contributed by atoms with Gasteiger partial charge < -0.3 is 21.6 Å². The second kappa shape index (κ2) is 4.23. The van der Waals surface area contributed by atoms with Crippen molar-refractivity contribution in [2.24, 2.45) is 11.7 Å². The third kappa shape index (κ3) is 1.84. The molecule has 1 rings (SSSR count). The minimum absolute atomic E-state index is 0.152. The highest BCUT2D eigenvalue weighted by Crippen LogP contribution is 2.17. The van der Waals surface area contributed by atoms with Gasteiger partial charge in [-0.15, -0.1) is 0 Å². The van der Waals surface area contributed by atoms with Gasteiger partial charge >= 0.3 is 0 Å². The molecule has 0 aliphatic carbocycles. The van der Waals surface area contributed by atoms with E-state index < -0.39 is 0 Å². The molecule has 68 valence electrons. The normalized spacial score (nSPS) is 25.2. The molecule has 1 heterocycles. The van der Waals surface area contributed by atoms with Crippen molar-refractivity contribution >= 4 is 6.21 Å². The summed E-state index contributed by atoms with van der Waals surface area (Å²) in [6.07, 6.45) is 2.26. The van der Waals surface area contributed by atoms with E-state index in [0.717, 1.165) is 25.1 Å². The van der Waals surface area contributed by atoms with Gasteiger partial charge in [0.1, 0.15) is 0 Å². The summed E-state index contributed by atoms with van der Waals surface area (Å²) in [4.78, 5) is 0. The molecule has 4 heteroatoms. The average Bonchev–Trinajstić information content (AvgIpc) is 2.58. The van der Waals surface area contributed by atoms with Crippen LogP contribution >= 0.6 is 0 Å². The highest BCUT2D eigenvalue weighted by atomic mass is 16.3. The monoisotopic (exact) mass is 169 g/mol. The van der Waals surface area contributed by atoms with E-state index in [1.54, 1.807) is 0 Å². The SMILES string of the molecule is N=CC(=C(N)CO)C1CCNC1. The minimum atomic E-state index is -0.152. The quantitative estimate of drug-likeness (QED) is 0.428. The first-order chi connectivity index (χ1) is 5.79. The second-order valence-electron chi connectivity index (χ2n) is 2.97. The van der Waals surface area contributed by atoms with Crippen molar-refractivity contribution < 1.29 is 5.11 Å². The van der Waals surface area contributed by atoms with Crippen LogP contribution in [0.2, 0.25) is 0 Å². The standard InChI is InChI=1S/C8H15N3O/c9-3-7(8(10)5-12)6-1-2-11-4-6/h3,6,9,11-12H,1-2,4-5,10H2. The van der Waals surface area contributed by atoms with Crippen molar-refractivity contribution in [2.75, 3.05) is 19.7 Å². The molecule has 0 radical (unpaired) electrons. The van der Waals surface area contributed by atoms with Gasteiger partial charge in [0, 0.05) is 24.4 Å². The maximum absolute atomic E-state index is 8.79. The van der Waals surface area contributed by atoms with Crippen LogP contribution in [0.1, 0.15) is 6.42 Å². The molecule has 0 amide bonds. The molecule has 0 bridgehead atoms. The van der Waals surface area contributed by atoms with Gasteiger partial charge in [-0.05, 0) is 18.5 Å². The van der Waals surface area contributed by atoms with Crippen LogP contribution < -0.4 is 11.1 Å². The maximum atomic E-state index is 8.79. The summed E-state index contributed by atoms with van der Waals surface area (Å²) in [6.45, 7) is 1.69. The van der Waals surface area contributed by atoms with Gasteiger partial charge in [-0.2, -0.15) is 0 Å². The zero-order chi connectivity index (χ0) is 8.97. The summed E-state index contributed by atoms with van der Waals surface area (Å²) in [6, 6.07) is 0. The maximum Gasteiger partial charge on any atom is 0.0828 e. The minimum Gasteiger partial charge on any atom is -0.400 e. The molecule has 5 N–H and O–H groups in total. The van der Waals surface area contributed by atoms with Crippen LogP contribution in [0.4, 0.5) is 0 Å². The summed E-state index contributed by atoms with van der Waals surface area (Å²) in [5.41, 5.74) is 6.77. The van der Waals surface area contributed by atoms with E-state index in [2.05, 4.69) is 5.32 Å². The molecular weight excluding hydrogens is 154 g/mol. The molecule has 4 nitrogen and oxygen atoms in total. The number of nitrogens with two attached hydrogens (primary N) is 1. The van der Waals surface area contributed by atoms with E-state index in [-0.39, 0.29) is 6.61 Å². The fourth-order valence-corrected chi connectivity index (χ4v) is 1.48.